The number of unbranched alkanes of at least 4 members (excludes halogenated alkanes) is 1. The lowest BCUT2D eigenvalue weighted by Gasteiger charge is -2.10. The van der Waals surface area contributed by atoms with Crippen molar-refractivity contribution in [3.63, 3.8) is 0 Å². The molecule has 0 saturated heterocycles. The summed E-state index contributed by atoms with van der Waals surface area (Å²) in [5, 5.41) is -0.0777. The quantitative estimate of drug-likeness (QED) is 0.509. The van der Waals surface area contributed by atoms with Crippen LogP contribution in [-0.2, 0) is 13.1 Å². The number of aromatic nitrogens is 4. The molecule has 0 aliphatic rings. The Hall–Kier alpha value is -1.81. The zero-order valence-electron chi connectivity index (χ0n) is 12.1. The van der Waals surface area contributed by atoms with Crippen molar-refractivity contribution in [1.29, 1.82) is 0 Å². The zero-order valence-corrected chi connectivity index (χ0v) is 12.9. The molecule has 2 aromatic heterocycles. The van der Waals surface area contributed by atoms with Gasteiger partial charge in [-0.1, -0.05) is 12.1 Å². The molecule has 5 heteroatoms. The number of fused-ring (bicyclic) bond motifs is 1. The number of nitrogens with zero attached hydrogens (tertiary/aromatic N) is 4. The summed E-state index contributed by atoms with van der Waals surface area (Å²) in [4.78, 5) is 8.72. The van der Waals surface area contributed by atoms with Gasteiger partial charge in [-0.3, -0.25) is 0 Å². The summed E-state index contributed by atoms with van der Waals surface area (Å²) in [5.74, 6) is 0.959. The number of aryl methyl sites for hydroxylation is 2. The molecular formula is C16H19ClN4. The molecule has 0 N–H and O–H groups in total. The van der Waals surface area contributed by atoms with Crippen molar-refractivity contribution in [2.24, 2.45) is 0 Å². The minimum absolute atomic E-state index is 0.0777. The van der Waals surface area contributed by atoms with Gasteiger partial charge in [0.15, 0.2) is 0 Å². The third kappa shape index (κ3) is 3.10. The minimum Gasteiger partial charge on any atom is -0.337 e. The van der Waals surface area contributed by atoms with Gasteiger partial charge in [-0.15, -0.1) is 11.6 Å². The van der Waals surface area contributed by atoms with E-state index in [2.05, 4.69) is 31.2 Å². The second kappa shape index (κ2) is 6.31. The minimum atomic E-state index is -0.0777. The van der Waals surface area contributed by atoms with Gasteiger partial charge in [-0.25, -0.2) is 9.97 Å². The highest BCUT2D eigenvalue weighted by Crippen LogP contribution is 2.24. The molecule has 4 nitrogen and oxygen atoms in total. The van der Waals surface area contributed by atoms with Crippen LogP contribution in [0.3, 0.4) is 0 Å². The van der Waals surface area contributed by atoms with E-state index in [9.17, 15) is 0 Å². The third-order valence-corrected chi connectivity index (χ3v) is 3.84. The largest absolute Gasteiger partial charge is 0.337 e. The fourth-order valence-corrected chi connectivity index (χ4v) is 2.78. The molecule has 0 bridgehead atoms. The van der Waals surface area contributed by atoms with Crippen molar-refractivity contribution in [3.8, 4) is 0 Å². The van der Waals surface area contributed by atoms with Gasteiger partial charge in [0.25, 0.3) is 0 Å². The van der Waals surface area contributed by atoms with Crippen LogP contribution in [0.4, 0.5) is 0 Å². The Balaban J connectivity index is 1.71. The van der Waals surface area contributed by atoms with Gasteiger partial charge >= 0.3 is 0 Å². The predicted octanol–water partition coefficient (Wildman–Crippen LogP) is 4.01. The van der Waals surface area contributed by atoms with E-state index >= 15 is 0 Å². The smallest absolute Gasteiger partial charge is 0.127 e. The standard InChI is InChI=1S/C16H19ClN4/c1-13(17)16-19-14-6-2-3-7-15(14)21(16)10-5-4-9-20-11-8-18-12-20/h2-3,6-8,11-13H,4-5,9-10H2,1H3. The van der Waals surface area contributed by atoms with Crippen LogP contribution in [0.1, 0.15) is 31.0 Å². The molecule has 1 unspecified atom stereocenters. The zero-order chi connectivity index (χ0) is 14.7. The first-order chi connectivity index (χ1) is 10.3. The predicted molar refractivity (Wildman–Crippen MR) is 85.5 cm³/mol. The Bertz CT molecular complexity index is 700. The van der Waals surface area contributed by atoms with Gasteiger partial charge in [0.1, 0.15) is 5.82 Å². The average molecular weight is 303 g/mol. The van der Waals surface area contributed by atoms with Gasteiger partial charge in [0.05, 0.1) is 22.7 Å². The van der Waals surface area contributed by atoms with Crippen LogP contribution in [0.15, 0.2) is 43.0 Å². The van der Waals surface area contributed by atoms with Crippen LogP contribution in [0.25, 0.3) is 11.0 Å². The van der Waals surface area contributed by atoms with Crippen molar-refractivity contribution in [3.05, 3.63) is 48.8 Å². The van der Waals surface area contributed by atoms with Gasteiger partial charge in [0, 0.05) is 25.5 Å². The molecule has 1 aromatic carbocycles. The summed E-state index contributed by atoms with van der Waals surface area (Å²) in [6, 6.07) is 8.22. The molecule has 21 heavy (non-hydrogen) atoms. The maximum Gasteiger partial charge on any atom is 0.127 e. The molecule has 3 aromatic rings. The molecule has 110 valence electrons. The van der Waals surface area contributed by atoms with Gasteiger partial charge < -0.3 is 9.13 Å². The molecule has 0 spiro atoms. The van der Waals surface area contributed by atoms with E-state index in [1.807, 2.05) is 37.8 Å². The van der Waals surface area contributed by atoms with Crippen LogP contribution in [-0.4, -0.2) is 19.1 Å². The Morgan fingerprint density at radius 1 is 1.19 bits per heavy atom. The number of para-hydroxylation sites is 2. The van der Waals surface area contributed by atoms with E-state index < -0.39 is 0 Å². The summed E-state index contributed by atoms with van der Waals surface area (Å²) < 4.78 is 4.36. The molecule has 1 atom stereocenters. The monoisotopic (exact) mass is 302 g/mol. The highest BCUT2D eigenvalue weighted by Gasteiger charge is 2.13. The van der Waals surface area contributed by atoms with E-state index in [1.165, 1.54) is 5.52 Å². The van der Waals surface area contributed by atoms with E-state index in [4.69, 9.17) is 11.6 Å². The van der Waals surface area contributed by atoms with Crippen LogP contribution >= 0.6 is 11.6 Å². The Morgan fingerprint density at radius 2 is 2.00 bits per heavy atom. The maximum absolute atomic E-state index is 6.28. The van der Waals surface area contributed by atoms with E-state index in [1.54, 1.807) is 0 Å². The second-order valence-corrected chi connectivity index (χ2v) is 5.89. The highest BCUT2D eigenvalue weighted by atomic mass is 35.5. The van der Waals surface area contributed by atoms with Gasteiger partial charge in [-0.2, -0.15) is 0 Å². The number of imidazole rings is 2. The molecule has 3 rings (SSSR count). The number of halogens is 1. The Morgan fingerprint density at radius 3 is 2.76 bits per heavy atom. The van der Waals surface area contributed by atoms with Crippen molar-refractivity contribution in [2.75, 3.05) is 0 Å². The molecule has 0 amide bonds. The molecule has 0 aliphatic carbocycles. The van der Waals surface area contributed by atoms with E-state index in [-0.39, 0.29) is 5.38 Å². The molecular weight excluding hydrogens is 284 g/mol. The first-order valence-electron chi connectivity index (χ1n) is 7.30. The van der Waals surface area contributed by atoms with Crippen molar-refractivity contribution in [2.45, 2.75) is 38.2 Å². The summed E-state index contributed by atoms with van der Waals surface area (Å²) in [7, 11) is 0. The van der Waals surface area contributed by atoms with Crippen molar-refractivity contribution >= 4 is 22.6 Å². The SMILES string of the molecule is CC(Cl)c1nc2ccccc2n1CCCCn1ccnc1. The summed E-state index contributed by atoms with van der Waals surface area (Å²) >= 11 is 6.28. The van der Waals surface area contributed by atoms with Crippen LogP contribution in [0, 0.1) is 0 Å². The van der Waals surface area contributed by atoms with Crippen molar-refractivity contribution < 1.29 is 0 Å². The molecule has 0 saturated carbocycles. The molecule has 0 fully saturated rings. The average Bonchev–Trinajstić information content (AvgIpc) is 3.11. The van der Waals surface area contributed by atoms with Gasteiger partial charge in [-0.05, 0) is 31.9 Å². The fourth-order valence-electron chi connectivity index (χ4n) is 2.62. The lowest BCUT2D eigenvalue weighted by Crippen LogP contribution is -2.06. The molecule has 0 radical (unpaired) electrons. The topological polar surface area (TPSA) is 35.6 Å². The summed E-state index contributed by atoms with van der Waals surface area (Å²) in [6.07, 6.45) is 7.88. The van der Waals surface area contributed by atoms with E-state index in [0.717, 1.165) is 37.3 Å². The summed E-state index contributed by atoms with van der Waals surface area (Å²) in [5.41, 5.74) is 2.19. The van der Waals surface area contributed by atoms with Gasteiger partial charge in [0.2, 0.25) is 0 Å². The normalized spacial score (nSPS) is 12.9. The first kappa shape index (κ1) is 14.1. The van der Waals surface area contributed by atoms with Crippen LogP contribution in [0.2, 0.25) is 0 Å². The molecule has 0 aliphatic heterocycles. The summed E-state index contributed by atoms with van der Waals surface area (Å²) in [6.45, 7) is 3.92. The number of benzene rings is 1. The van der Waals surface area contributed by atoms with E-state index in [0.29, 0.717) is 0 Å². The lowest BCUT2D eigenvalue weighted by molar-refractivity contribution is 0.548. The maximum atomic E-state index is 6.28. The van der Waals surface area contributed by atoms with Crippen molar-refractivity contribution in [1.82, 2.24) is 19.1 Å². The number of alkyl halides is 1. The molecule has 2 heterocycles. The number of hydrogen-bond donors (Lipinski definition) is 0. The first-order valence-corrected chi connectivity index (χ1v) is 7.74. The van der Waals surface area contributed by atoms with Crippen LogP contribution < -0.4 is 0 Å². The van der Waals surface area contributed by atoms with Crippen LogP contribution in [0.5, 0.6) is 0 Å². The lowest BCUT2D eigenvalue weighted by atomic mass is 10.2. The number of hydrogen-bond acceptors (Lipinski definition) is 2. The highest BCUT2D eigenvalue weighted by molar-refractivity contribution is 6.20. The fraction of sp³-hybridized carbons (Fsp3) is 0.375. The Labute approximate surface area is 129 Å². The Kier molecular flexibility index (Phi) is 4.25. The number of rotatable bonds is 6. The second-order valence-electron chi connectivity index (χ2n) is 5.23. The third-order valence-electron chi connectivity index (χ3n) is 3.65.